The van der Waals surface area contributed by atoms with E-state index in [1.165, 1.54) is 18.4 Å². The van der Waals surface area contributed by atoms with E-state index in [4.69, 9.17) is 0 Å². The summed E-state index contributed by atoms with van der Waals surface area (Å²) in [6, 6.07) is 9.19. The first-order chi connectivity index (χ1) is 9.83. The van der Waals surface area contributed by atoms with Gasteiger partial charge in [0.25, 0.3) is 0 Å². The van der Waals surface area contributed by atoms with Gasteiger partial charge in [-0.25, -0.2) is 0 Å². The maximum absolute atomic E-state index is 12.1. The van der Waals surface area contributed by atoms with Gasteiger partial charge >= 0.3 is 0 Å². The third kappa shape index (κ3) is 6.10. The molecule has 0 bridgehead atoms. The average molecular weight is 306 g/mol. The minimum absolute atomic E-state index is 0.0872. The number of hydrogen-bond donors (Lipinski definition) is 2. The number of hydrogen-bond acceptors (Lipinski definition) is 3. The van der Waals surface area contributed by atoms with Crippen molar-refractivity contribution < 1.29 is 4.79 Å². The van der Waals surface area contributed by atoms with Crippen LogP contribution in [0.25, 0.3) is 0 Å². The van der Waals surface area contributed by atoms with Crippen LogP contribution >= 0.6 is 11.8 Å². The molecule has 0 aliphatic heterocycles. The second kappa shape index (κ2) is 6.84. The Bertz CT molecular complexity index is 492. The van der Waals surface area contributed by atoms with Crippen molar-refractivity contribution >= 4 is 17.7 Å². The fraction of sp³-hybridized carbons (Fsp3) is 0.588. The van der Waals surface area contributed by atoms with Gasteiger partial charge in [0.1, 0.15) is 0 Å². The highest BCUT2D eigenvalue weighted by Gasteiger charge is 2.21. The van der Waals surface area contributed by atoms with E-state index >= 15 is 0 Å². The van der Waals surface area contributed by atoms with Crippen molar-refractivity contribution in [3.63, 3.8) is 0 Å². The second-order valence-corrected chi connectivity index (χ2v) is 8.22. The van der Waals surface area contributed by atoms with Crippen LogP contribution in [0, 0.1) is 0 Å². The molecular formula is C17H26N2OS. The Balaban J connectivity index is 1.88. The maximum atomic E-state index is 12.1. The summed E-state index contributed by atoms with van der Waals surface area (Å²) in [6.45, 7) is 8.90. The Labute approximate surface area is 132 Å². The van der Waals surface area contributed by atoms with Crippen LogP contribution in [0.2, 0.25) is 0 Å². The first-order valence-corrected chi connectivity index (χ1v) is 8.52. The lowest BCUT2D eigenvalue weighted by atomic mass is 10.1. The number of rotatable bonds is 6. The van der Waals surface area contributed by atoms with E-state index in [0.717, 1.165) is 17.5 Å². The van der Waals surface area contributed by atoms with Gasteiger partial charge in [0.15, 0.2) is 0 Å². The van der Waals surface area contributed by atoms with Crippen molar-refractivity contribution in [2.45, 2.75) is 68.8 Å². The molecule has 3 nitrogen and oxygen atoms in total. The number of thioether (sulfide) groups is 1. The Morgan fingerprint density at radius 2 is 2.10 bits per heavy atom. The average Bonchev–Trinajstić information content (AvgIpc) is 3.18. The van der Waals surface area contributed by atoms with E-state index < -0.39 is 0 Å². The van der Waals surface area contributed by atoms with Gasteiger partial charge in [0.05, 0.1) is 5.25 Å². The van der Waals surface area contributed by atoms with Crippen molar-refractivity contribution in [3.8, 4) is 0 Å². The molecule has 1 fully saturated rings. The van der Waals surface area contributed by atoms with Gasteiger partial charge in [0.2, 0.25) is 5.91 Å². The Morgan fingerprint density at radius 3 is 2.71 bits per heavy atom. The molecule has 2 N–H and O–H groups in total. The molecule has 1 aromatic carbocycles. The van der Waals surface area contributed by atoms with Gasteiger partial charge in [-0.2, -0.15) is 0 Å². The quantitative estimate of drug-likeness (QED) is 0.792. The molecule has 0 radical (unpaired) electrons. The Morgan fingerprint density at radius 1 is 1.38 bits per heavy atom. The molecule has 1 amide bonds. The summed E-state index contributed by atoms with van der Waals surface area (Å²) >= 11 is 1.62. The lowest BCUT2D eigenvalue weighted by Gasteiger charge is -2.23. The molecule has 116 valence electrons. The molecule has 0 aromatic heterocycles. The molecule has 1 atom stereocenters. The fourth-order valence-corrected chi connectivity index (χ4v) is 2.96. The van der Waals surface area contributed by atoms with Gasteiger partial charge in [-0.1, -0.05) is 12.1 Å². The van der Waals surface area contributed by atoms with Gasteiger partial charge < -0.3 is 10.6 Å². The van der Waals surface area contributed by atoms with Crippen LogP contribution in [-0.4, -0.2) is 22.7 Å². The van der Waals surface area contributed by atoms with Gasteiger partial charge in [-0.05, 0) is 58.2 Å². The summed E-state index contributed by atoms with van der Waals surface area (Å²) in [4.78, 5) is 13.3. The highest BCUT2D eigenvalue weighted by molar-refractivity contribution is 8.00. The number of nitrogens with one attached hydrogen (secondary N) is 2. The van der Waals surface area contributed by atoms with Crippen LogP contribution in [0.3, 0.4) is 0 Å². The van der Waals surface area contributed by atoms with Crippen LogP contribution in [0.15, 0.2) is 29.2 Å². The molecular weight excluding hydrogens is 280 g/mol. The SMILES string of the molecule is CC(Sc1cccc(CNC2CC2)c1)C(=O)NC(C)(C)C. The number of carbonyl (C=O) groups excluding carboxylic acids is 1. The summed E-state index contributed by atoms with van der Waals surface area (Å²) < 4.78 is 0. The van der Waals surface area contributed by atoms with Crippen molar-refractivity contribution in [2.24, 2.45) is 0 Å². The normalized spacial score (nSPS) is 16.6. The summed E-state index contributed by atoms with van der Waals surface area (Å²) in [5.74, 6) is 0.0917. The van der Waals surface area contributed by atoms with Crippen LogP contribution < -0.4 is 10.6 Å². The smallest absolute Gasteiger partial charge is 0.233 e. The third-order valence-corrected chi connectivity index (χ3v) is 4.34. The molecule has 0 spiro atoms. The first-order valence-electron chi connectivity index (χ1n) is 7.64. The highest BCUT2D eigenvalue weighted by atomic mass is 32.2. The van der Waals surface area contributed by atoms with Crippen molar-refractivity contribution in [1.82, 2.24) is 10.6 Å². The lowest BCUT2D eigenvalue weighted by molar-refractivity contribution is -0.121. The van der Waals surface area contributed by atoms with Gasteiger partial charge in [-0.15, -0.1) is 11.8 Å². The minimum Gasteiger partial charge on any atom is -0.351 e. The zero-order valence-corrected chi connectivity index (χ0v) is 14.2. The molecule has 2 rings (SSSR count). The second-order valence-electron chi connectivity index (χ2n) is 6.80. The first kappa shape index (κ1) is 16.4. The molecule has 1 aromatic rings. The maximum Gasteiger partial charge on any atom is 0.233 e. The number of benzene rings is 1. The van der Waals surface area contributed by atoms with E-state index in [-0.39, 0.29) is 16.7 Å². The fourth-order valence-electron chi connectivity index (χ4n) is 2.01. The summed E-state index contributed by atoms with van der Waals surface area (Å²) in [7, 11) is 0. The highest BCUT2D eigenvalue weighted by Crippen LogP contribution is 2.25. The number of amides is 1. The standard InChI is InChI=1S/C17H26N2OS/c1-12(16(20)19-17(2,3)4)21-15-7-5-6-13(10-15)11-18-14-8-9-14/h5-7,10,12,14,18H,8-9,11H2,1-4H3,(H,19,20). The zero-order chi connectivity index (χ0) is 15.5. The molecule has 21 heavy (non-hydrogen) atoms. The molecule has 1 unspecified atom stereocenters. The van der Waals surface area contributed by atoms with Crippen molar-refractivity contribution in [2.75, 3.05) is 0 Å². The molecule has 0 saturated heterocycles. The van der Waals surface area contributed by atoms with E-state index in [2.05, 4.69) is 34.9 Å². The summed E-state index contributed by atoms with van der Waals surface area (Å²) in [6.07, 6.45) is 2.61. The third-order valence-electron chi connectivity index (χ3n) is 3.25. The number of carbonyl (C=O) groups is 1. The van der Waals surface area contributed by atoms with Gasteiger partial charge in [-0.3, -0.25) is 4.79 Å². The minimum atomic E-state index is -0.179. The summed E-state index contributed by atoms with van der Waals surface area (Å²) in [5.41, 5.74) is 1.11. The predicted octanol–water partition coefficient (Wildman–Crippen LogP) is 3.33. The predicted molar refractivity (Wildman–Crippen MR) is 89.5 cm³/mol. The molecule has 1 saturated carbocycles. The zero-order valence-electron chi connectivity index (χ0n) is 13.4. The Hall–Kier alpha value is -1.00. The molecule has 1 aliphatic carbocycles. The molecule has 0 heterocycles. The van der Waals surface area contributed by atoms with Gasteiger partial charge in [0, 0.05) is 23.0 Å². The van der Waals surface area contributed by atoms with E-state index in [9.17, 15) is 4.79 Å². The van der Waals surface area contributed by atoms with Crippen LogP contribution in [0.4, 0.5) is 0 Å². The lowest BCUT2D eigenvalue weighted by Crippen LogP contribution is -2.44. The van der Waals surface area contributed by atoms with Crippen LogP contribution in [-0.2, 0) is 11.3 Å². The Kier molecular flexibility index (Phi) is 5.33. The largest absolute Gasteiger partial charge is 0.351 e. The van der Waals surface area contributed by atoms with Crippen molar-refractivity contribution in [1.29, 1.82) is 0 Å². The topological polar surface area (TPSA) is 41.1 Å². The van der Waals surface area contributed by atoms with Crippen LogP contribution in [0.5, 0.6) is 0 Å². The van der Waals surface area contributed by atoms with E-state index in [0.29, 0.717) is 0 Å². The van der Waals surface area contributed by atoms with Crippen LogP contribution in [0.1, 0.15) is 46.1 Å². The molecule has 4 heteroatoms. The van der Waals surface area contributed by atoms with E-state index in [1.807, 2.05) is 27.7 Å². The summed E-state index contributed by atoms with van der Waals surface area (Å²) in [5, 5.41) is 6.46. The van der Waals surface area contributed by atoms with E-state index in [1.54, 1.807) is 11.8 Å². The van der Waals surface area contributed by atoms with Crippen molar-refractivity contribution in [3.05, 3.63) is 29.8 Å². The molecule has 1 aliphatic rings. The monoisotopic (exact) mass is 306 g/mol.